The van der Waals surface area contributed by atoms with E-state index in [1.807, 2.05) is 0 Å². The normalized spacial score (nSPS) is 9.00. The van der Waals surface area contributed by atoms with Crippen LogP contribution in [0.4, 0.5) is 11.4 Å². The number of phenols is 2. The molecule has 6 N–H and O–H groups in total. The molecule has 0 atom stereocenters. The Labute approximate surface area is 93.8 Å². The van der Waals surface area contributed by atoms with Gasteiger partial charge in [-0.25, -0.2) is 0 Å². The van der Waals surface area contributed by atoms with Gasteiger partial charge in [0.05, 0.1) is 0 Å². The van der Waals surface area contributed by atoms with Crippen molar-refractivity contribution in [2.45, 2.75) is 0 Å². The molecular weight excluding hydrogens is 204 g/mol. The zero-order valence-electron chi connectivity index (χ0n) is 8.67. The lowest BCUT2D eigenvalue weighted by atomic mass is 10.3. The van der Waals surface area contributed by atoms with Crippen molar-refractivity contribution in [1.29, 1.82) is 0 Å². The molecule has 0 aromatic heterocycles. The van der Waals surface area contributed by atoms with Crippen LogP contribution in [0, 0.1) is 0 Å². The fourth-order valence-corrected chi connectivity index (χ4v) is 0.949. The third kappa shape index (κ3) is 4.23. The van der Waals surface area contributed by atoms with Crippen LogP contribution in [0.5, 0.6) is 11.5 Å². The SMILES string of the molecule is Nc1ccc(N)cc1.Oc1ccc(O)cc1. The van der Waals surface area contributed by atoms with Crippen molar-refractivity contribution in [1.82, 2.24) is 0 Å². The van der Waals surface area contributed by atoms with E-state index in [1.54, 1.807) is 24.3 Å². The Balaban J connectivity index is 0.000000160. The van der Waals surface area contributed by atoms with Crippen molar-refractivity contribution < 1.29 is 10.2 Å². The van der Waals surface area contributed by atoms with Crippen molar-refractivity contribution in [3.63, 3.8) is 0 Å². The molecular formula is C12H14N2O2. The second kappa shape index (κ2) is 5.50. The van der Waals surface area contributed by atoms with Gasteiger partial charge in [-0.2, -0.15) is 0 Å². The monoisotopic (exact) mass is 218 g/mol. The fourth-order valence-electron chi connectivity index (χ4n) is 0.949. The van der Waals surface area contributed by atoms with E-state index in [0.29, 0.717) is 0 Å². The second-order valence-electron chi connectivity index (χ2n) is 3.18. The van der Waals surface area contributed by atoms with E-state index in [4.69, 9.17) is 21.7 Å². The maximum Gasteiger partial charge on any atom is 0.115 e. The summed E-state index contributed by atoms with van der Waals surface area (Å²) in [5.74, 6) is 0.339. The summed E-state index contributed by atoms with van der Waals surface area (Å²) in [4.78, 5) is 0. The minimum atomic E-state index is 0.169. The van der Waals surface area contributed by atoms with Crippen LogP contribution in [0.3, 0.4) is 0 Å². The maximum atomic E-state index is 8.65. The predicted molar refractivity (Wildman–Crippen MR) is 65.0 cm³/mol. The lowest BCUT2D eigenvalue weighted by molar-refractivity contribution is 0.460. The Kier molecular flexibility index (Phi) is 4.03. The molecule has 0 saturated heterocycles. The molecule has 0 spiro atoms. The number of rotatable bonds is 0. The third-order valence-electron chi connectivity index (χ3n) is 1.79. The summed E-state index contributed by atoms with van der Waals surface area (Å²) in [5, 5.41) is 17.3. The third-order valence-corrected chi connectivity index (χ3v) is 1.79. The van der Waals surface area contributed by atoms with Gasteiger partial charge in [-0.3, -0.25) is 0 Å². The lowest BCUT2D eigenvalue weighted by Gasteiger charge is -1.90. The summed E-state index contributed by atoms with van der Waals surface area (Å²) in [6, 6.07) is 12.8. The van der Waals surface area contributed by atoms with Crippen molar-refractivity contribution >= 4 is 11.4 Å². The van der Waals surface area contributed by atoms with Gasteiger partial charge in [0.25, 0.3) is 0 Å². The Hall–Kier alpha value is -2.36. The molecule has 0 aliphatic heterocycles. The second-order valence-corrected chi connectivity index (χ2v) is 3.18. The zero-order chi connectivity index (χ0) is 12.0. The largest absolute Gasteiger partial charge is 0.508 e. The van der Waals surface area contributed by atoms with Crippen LogP contribution in [0.1, 0.15) is 0 Å². The van der Waals surface area contributed by atoms with Gasteiger partial charge in [0, 0.05) is 11.4 Å². The quantitative estimate of drug-likeness (QED) is 0.401. The number of hydrogen-bond acceptors (Lipinski definition) is 4. The van der Waals surface area contributed by atoms with Crippen LogP contribution in [0.15, 0.2) is 48.5 Å². The van der Waals surface area contributed by atoms with Crippen LogP contribution in [-0.4, -0.2) is 10.2 Å². The molecule has 4 nitrogen and oxygen atoms in total. The summed E-state index contributed by atoms with van der Waals surface area (Å²) in [7, 11) is 0. The van der Waals surface area contributed by atoms with E-state index in [0.717, 1.165) is 11.4 Å². The maximum absolute atomic E-state index is 8.65. The molecule has 4 heteroatoms. The smallest absolute Gasteiger partial charge is 0.115 e. The molecule has 0 saturated carbocycles. The number of aromatic hydroxyl groups is 2. The van der Waals surface area contributed by atoms with Crippen molar-refractivity contribution in [2.75, 3.05) is 11.5 Å². The highest BCUT2D eigenvalue weighted by Gasteiger charge is 1.84. The first-order valence-corrected chi connectivity index (χ1v) is 4.67. The molecule has 0 amide bonds. The number of anilines is 2. The number of nitrogen functional groups attached to an aromatic ring is 2. The highest BCUT2D eigenvalue weighted by atomic mass is 16.3. The molecule has 2 aromatic rings. The van der Waals surface area contributed by atoms with Crippen LogP contribution in [0.25, 0.3) is 0 Å². The van der Waals surface area contributed by atoms with E-state index in [-0.39, 0.29) is 11.5 Å². The van der Waals surface area contributed by atoms with Gasteiger partial charge in [0.2, 0.25) is 0 Å². The van der Waals surface area contributed by atoms with E-state index in [9.17, 15) is 0 Å². The van der Waals surface area contributed by atoms with Crippen molar-refractivity contribution in [3.8, 4) is 11.5 Å². The van der Waals surface area contributed by atoms with Gasteiger partial charge in [0.15, 0.2) is 0 Å². The minimum absolute atomic E-state index is 0.169. The van der Waals surface area contributed by atoms with Gasteiger partial charge in [-0.1, -0.05) is 0 Å². The number of hydrogen-bond donors (Lipinski definition) is 4. The lowest BCUT2D eigenvalue weighted by Crippen LogP contribution is -1.86. The van der Waals surface area contributed by atoms with Gasteiger partial charge < -0.3 is 21.7 Å². The van der Waals surface area contributed by atoms with Gasteiger partial charge in [-0.15, -0.1) is 0 Å². The minimum Gasteiger partial charge on any atom is -0.508 e. The highest BCUT2D eigenvalue weighted by Crippen LogP contribution is 2.13. The molecule has 84 valence electrons. The molecule has 0 bridgehead atoms. The first kappa shape index (κ1) is 11.7. The van der Waals surface area contributed by atoms with Crippen LogP contribution in [-0.2, 0) is 0 Å². The average molecular weight is 218 g/mol. The standard InChI is InChI=1S/C6H8N2.C6H6O2/c2*7-5-1-2-6(8)4-3-5/h1-4H,7-8H2;1-4,7-8H. The highest BCUT2D eigenvalue weighted by molar-refractivity contribution is 5.47. The van der Waals surface area contributed by atoms with Crippen molar-refractivity contribution in [2.24, 2.45) is 0 Å². The molecule has 0 aliphatic rings. The summed E-state index contributed by atoms with van der Waals surface area (Å²) >= 11 is 0. The summed E-state index contributed by atoms with van der Waals surface area (Å²) in [6.07, 6.45) is 0. The Morgan fingerprint density at radius 1 is 0.562 bits per heavy atom. The zero-order valence-corrected chi connectivity index (χ0v) is 8.67. The summed E-state index contributed by atoms with van der Waals surface area (Å²) in [6.45, 7) is 0. The number of phenolic OH excluding ortho intramolecular Hbond substituents is 2. The van der Waals surface area contributed by atoms with Gasteiger partial charge in [-0.05, 0) is 48.5 Å². The fraction of sp³-hybridized carbons (Fsp3) is 0. The summed E-state index contributed by atoms with van der Waals surface area (Å²) in [5.41, 5.74) is 12.2. The first-order valence-electron chi connectivity index (χ1n) is 4.67. The average Bonchev–Trinajstić information content (AvgIpc) is 2.28. The van der Waals surface area contributed by atoms with Crippen LogP contribution >= 0.6 is 0 Å². The molecule has 0 radical (unpaired) electrons. The molecule has 2 aromatic carbocycles. The topological polar surface area (TPSA) is 92.5 Å². The van der Waals surface area contributed by atoms with Crippen LogP contribution in [0.2, 0.25) is 0 Å². The summed E-state index contributed by atoms with van der Waals surface area (Å²) < 4.78 is 0. The molecule has 0 unspecified atom stereocenters. The number of nitrogens with two attached hydrogens (primary N) is 2. The van der Waals surface area contributed by atoms with Crippen molar-refractivity contribution in [3.05, 3.63) is 48.5 Å². The van der Waals surface area contributed by atoms with E-state index >= 15 is 0 Å². The molecule has 16 heavy (non-hydrogen) atoms. The predicted octanol–water partition coefficient (Wildman–Crippen LogP) is 1.95. The Bertz CT molecular complexity index is 338. The van der Waals surface area contributed by atoms with Gasteiger partial charge >= 0.3 is 0 Å². The molecule has 2 rings (SSSR count). The molecule has 0 heterocycles. The molecule has 0 fully saturated rings. The molecule has 0 aliphatic carbocycles. The Morgan fingerprint density at radius 3 is 1.06 bits per heavy atom. The van der Waals surface area contributed by atoms with Crippen LogP contribution < -0.4 is 11.5 Å². The first-order chi connectivity index (χ1) is 7.58. The van der Waals surface area contributed by atoms with E-state index in [2.05, 4.69) is 0 Å². The van der Waals surface area contributed by atoms with Gasteiger partial charge in [0.1, 0.15) is 11.5 Å². The van der Waals surface area contributed by atoms with E-state index in [1.165, 1.54) is 24.3 Å². The van der Waals surface area contributed by atoms with E-state index < -0.39 is 0 Å². The Morgan fingerprint density at radius 2 is 0.812 bits per heavy atom. The number of benzene rings is 2.